The van der Waals surface area contributed by atoms with E-state index < -0.39 is 0 Å². The third-order valence-corrected chi connectivity index (χ3v) is 4.26. The third kappa shape index (κ3) is 3.26. The van der Waals surface area contributed by atoms with E-state index in [1.807, 2.05) is 16.8 Å². The fraction of sp³-hybridized carbons (Fsp3) is 0.429. The molecule has 1 aromatic carbocycles. The van der Waals surface area contributed by atoms with Gasteiger partial charge >= 0.3 is 0 Å². The molecule has 0 aliphatic heterocycles. The van der Waals surface area contributed by atoms with Crippen LogP contribution in [0.25, 0.3) is 0 Å². The van der Waals surface area contributed by atoms with Crippen molar-refractivity contribution in [2.45, 2.75) is 39.3 Å². The smallest absolute Gasteiger partial charge is 0.138 e. The van der Waals surface area contributed by atoms with Crippen molar-refractivity contribution >= 4 is 15.9 Å². The van der Waals surface area contributed by atoms with Crippen molar-refractivity contribution in [2.24, 2.45) is 5.84 Å². The van der Waals surface area contributed by atoms with Gasteiger partial charge in [0.2, 0.25) is 0 Å². The van der Waals surface area contributed by atoms with Crippen molar-refractivity contribution in [1.82, 2.24) is 20.2 Å². The van der Waals surface area contributed by atoms with Gasteiger partial charge in [0.1, 0.15) is 12.2 Å². The Morgan fingerprint density at radius 1 is 1.45 bits per heavy atom. The molecule has 1 heterocycles. The highest BCUT2D eigenvalue weighted by Crippen LogP contribution is 2.26. The van der Waals surface area contributed by atoms with Crippen LogP contribution in [0, 0.1) is 6.92 Å². The number of aryl methyl sites for hydroxylation is 1. The van der Waals surface area contributed by atoms with Crippen molar-refractivity contribution in [3.8, 4) is 0 Å². The van der Waals surface area contributed by atoms with E-state index in [-0.39, 0.29) is 6.04 Å². The average Bonchev–Trinajstić information content (AvgIpc) is 2.87. The summed E-state index contributed by atoms with van der Waals surface area (Å²) in [7, 11) is 0. The molecule has 20 heavy (non-hydrogen) atoms. The van der Waals surface area contributed by atoms with Crippen LogP contribution < -0.4 is 11.3 Å². The van der Waals surface area contributed by atoms with Gasteiger partial charge in [-0.05, 0) is 30.5 Å². The number of benzene rings is 1. The first-order valence-corrected chi connectivity index (χ1v) is 7.54. The summed E-state index contributed by atoms with van der Waals surface area (Å²) in [6.45, 7) is 5.09. The Balaban J connectivity index is 2.24. The van der Waals surface area contributed by atoms with E-state index in [4.69, 9.17) is 5.84 Å². The molecule has 0 fully saturated rings. The van der Waals surface area contributed by atoms with Crippen molar-refractivity contribution in [1.29, 1.82) is 0 Å². The van der Waals surface area contributed by atoms with Gasteiger partial charge in [0.25, 0.3) is 0 Å². The number of nitrogens with two attached hydrogens (primary N) is 1. The van der Waals surface area contributed by atoms with Crippen LogP contribution in [-0.4, -0.2) is 14.8 Å². The van der Waals surface area contributed by atoms with E-state index >= 15 is 0 Å². The van der Waals surface area contributed by atoms with Crippen LogP contribution in [0.15, 0.2) is 29.0 Å². The normalized spacial score (nSPS) is 12.6. The molecule has 1 aromatic heterocycles. The highest BCUT2D eigenvalue weighted by molar-refractivity contribution is 9.10. The van der Waals surface area contributed by atoms with Gasteiger partial charge in [-0.1, -0.05) is 35.0 Å². The van der Waals surface area contributed by atoms with Crippen LogP contribution in [0.1, 0.15) is 36.3 Å². The molecule has 3 N–H and O–H groups in total. The Labute approximate surface area is 127 Å². The number of hydrogen-bond acceptors (Lipinski definition) is 4. The molecule has 2 aromatic rings. The Morgan fingerprint density at radius 2 is 2.25 bits per heavy atom. The lowest BCUT2D eigenvalue weighted by Gasteiger charge is -2.19. The maximum Gasteiger partial charge on any atom is 0.138 e. The summed E-state index contributed by atoms with van der Waals surface area (Å²) in [6, 6.07) is 6.16. The molecule has 0 bridgehead atoms. The predicted octanol–water partition coefficient (Wildman–Crippen LogP) is 2.51. The molecule has 1 atom stereocenters. The number of hydrogen-bond donors (Lipinski definition) is 2. The van der Waals surface area contributed by atoms with E-state index in [1.165, 1.54) is 11.1 Å². The molecule has 5 nitrogen and oxygen atoms in total. The summed E-state index contributed by atoms with van der Waals surface area (Å²) >= 11 is 3.56. The van der Waals surface area contributed by atoms with Crippen molar-refractivity contribution in [3.63, 3.8) is 0 Å². The van der Waals surface area contributed by atoms with Gasteiger partial charge in [0.05, 0.1) is 6.04 Å². The number of rotatable bonds is 6. The van der Waals surface area contributed by atoms with Crippen LogP contribution >= 0.6 is 15.9 Å². The van der Waals surface area contributed by atoms with Gasteiger partial charge in [-0.3, -0.25) is 16.0 Å². The zero-order valence-corrected chi connectivity index (χ0v) is 13.4. The Bertz CT molecular complexity index is 566. The van der Waals surface area contributed by atoms with Gasteiger partial charge < -0.3 is 0 Å². The Kier molecular flexibility index (Phi) is 5.28. The van der Waals surface area contributed by atoms with Gasteiger partial charge in [-0.15, -0.1) is 0 Å². The second-order valence-corrected chi connectivity index (χ2v) is 5.63. The Hall–Kier alpha value is -1.24. The molecule has 108 valence electrons. The monoisotopic (exact) mass is 337 g/mol. The Morgan fingerprint density at radius 3 is 2.95 bits per heavy atom. The molecule has 0 aliphatic carbocycles. The van der Waals surface area contributed by atoms with Crippen molar-refractivity contribution < 1.29 is 0 Å². The number of halogens is 1. The first kappa shape index (κ1) is 15.2. The summed E-state index contributed by atoms with van der Waals surface area (Å²) in [4.78, 5) is 4.34. The molecule has 1 unspecified atom stereocenters. The molecular weight excluding hydrogens is 318 g/mol. The second-order valence-electron chi connectivity index (χ2n) is 4.78. The molecule has 0 aliphatic rings. The van der Waals surface area contributed by atoms with Gasteiger partial charge in [-0.25, -0.2) is 4.98 Å². The summed E-state index contributed by atoms with van der Waals surface area (Å²) in [5.41, 5.74) is 5.26. The van der Waals surface area contributed by atoms with Crippen LogP contribution in [0.3, 0.4) is 0 Å². The van der Waals surface area contributed by atoms with E-state index in [9.17, 15) is 0 Å². The molecule has 0 amide bonds. The molecule has 0 saturated heterocycles. The lowest BCUT2D eigenvalue weighted by Crippen LogP contribution is -2.31. The number of hydrazine groups is 1. The maximum atomic E-state index is 5.74. The highest BCUT2D eigenvalue weighted by Gasteiger charge is 2.17. The van der Waals surface area contributed by atoms with Crippen LogP contribution in [0.5, 0.6) is 0 Å². The summed E-state index contributed by atoms with van der Waals surface area (Å²) in [5, 5.41) is 4.25. The number of nitrogens with one attached hydrogen (secondary N) is 1. The van der Waals surface area contributed by atoms with Crippen molar-refractivity contribution in [2.75, 3.05) is 0 Å². The van der Waals surface area contributed by atoms with E-state index in [2.05, 4.69) is 51.4 Å². The zero-order valence-electron chi connectivity index (χ0n) is 11.8. The fourth-order valence-electron chi connectivity index (χ4n) is 2.29. The predicted molar refractivity (Wildman–Crippen MR) is 83.0 cm³/mol. The minimum Gasteiger partial charge on any atom is -0.271 e. The first-order chi connectivity index (χ1) is 9.67. The summed E-state index contributed by atoms with van der Waals surface area (Å²) < 4.78 is 3.03. The minimum absolute atomic E-state index is 0.0207. The van der Waals surface area contributed by atoms with Gasteiger partial charge in [0.15, 0.2) is 0 Å². The fourth-order valence-corrected chi connectivity index (χ4v) is 2.67. The quantitative estimate of drug-likeness (QED) is 0.627. The van der Waals surface area contributed by atoms with Gasteiger partial charge in [-0.2, -0.15) is 5.10 Å². The van der Waals surface area contributed by atoms with E-state index in [1.54, 1.807) is 6.33 Å². The van der Waals surface area contributed by atoms with E-state index in [0.717, 1.165) is 23.3 Å². The SMILES string of the molecule is CCCn1ncnc1CC(NN)c1cccc(Br)c1C. The largest absolute Gasteiger partial charge is 0.271 e. The summed E-state index contributed by atoms with van der Waals surface area (Å²) in [5.74, 6) is 6.69. The number of aromatic nitrogens is 3. The second kappa shape index (κ2) is 6.97. The van der Waals surface area contributed by atoms with E-state index in [0.29, 0.717) is 6.42 Å². The highest BCUT2D eigenvalue weighted by atomic mass is 79.9. The van der Waals surface area contributed by atoms with Crippen LogP contribution in [-0.2, 0) is 13.0 Å². The molecule has 0 radical (unpaired) electrons. The lowest BCUT2D eigenvalue weighted by molar-refractivity contribution is 0.497. The average molecular weight is 338 g/mol. The minimum atomic E-state index is 0.0207. The van der Waals surface area contributed by atoms with Crippen LogP contribution in [0.4, 0.5) is 0 Å². The standard InChI is InChI=1S/C14H20BrN5/c1-3-7-20-14(17-9-18-20)8-13(19-16)11-5-4-6-12(15)10(11)2/h4-6,9,13,19H,3,7-8,16H2,1-2H3. The number of nitrogens with zero attached hydrogens (tertiary/aromatic N) is 3. The third-order valence-electron chi connectivity index (χ3n) is 3.40. The molecule has 2 rings (SSSR count). The maximum absolute atomic E-state index is 5.74. The van der Waals surface area contributed by atoms with Crippen LogP contribution in [0.2, 0.25) is 0 Å². The lowest BCUT2D eigenvalue weighted by atomic mass is 9.99. The molecule has 0 saturated carbocycles. The molecular formula is C14H20BrN5. The molecule has 6 heteroatoms. The first-order valence-electron chi connectivity index (χ1n) is 6.75. The zero-order chi connectivity index (χ0) is 14.5. The molecule has 0 spiro atoms. The van der Waals surface area contributed by atoms with Gasteiger partial charge in [0, 0.05) is 17.4 Å². The summed E-state index contributed by atoms with van der Waals surface area (Å²) in [6.07, 6.45) is 3.35. The van der Waals surface area contributed by atoms with Crippen molar-refractivity contribution in [3.05, 3.63) is 46.0 Å². The topological polar surface area (TPSA) is 68.8 Å².